The maximum atomic E-state index is 6.03. The number of benzene rings is 1. The zero-order chi connectivity index (χ0) is 15.4. The first-order valence-electron chi connectivity index (χ1n) is 8.55. The summed E-state index contributed by atoms with van der Waals surface area (Å²) in [6, 6.07) is 9.47. The summed E-state index contributed by atoms with van der Waals surface area (Å²) in [6.07, 6.45) is 6.58. The molecule has 3 rings (SSSR count). The standard InChI is InChI=1S/C18H28N4.HI/c1-21(17-9-10-17)18(19)20-13-15-5-7-16(8-6-15)14-22-11-3-2-4-12-22;/h5-8,17H,2-4,9-14H2,1H3,(H2,19,20);1H. The molecule has 0 atom stereocenters. The van der Waals surface area contributed by atoms with Crippen LogP contribution >= 0.6 is 24.0 Å². The lowest BCUT2D eigenvalue weighted by Gasteiger charge is -2.26. The van der Waals surface area contributed by atoms with Gasteiger partial charge >= 0.3 is 0 Å². The molecule has 1 aromatic rings. The van der Waals surface area contributed by atoms with Gasteiger partial charge in [-0.25, -0.2) is 4.99 Å². The largest absolute Gasteiger partial charge is 0.370 e. The first kappa shape index (κ1) is 18.5. The molecule has 1 saturated carbocycles. The number of likely N-dealkylation sites (tertiary alicyclic amines) is 1. The molecular formula is C18H29IN4. The molecule has 1 saturated heterocycles. The van der Waals surface area contributed by atoms with Gasteiger partial charge in [-0.15, -0.1) is 24.0 Å². The van der Waals surface area contributed by atoms with Crippen molar-refractivity contribution in [3.05, 3.63) is 35.4 Å². The van der Waals surface area contributed by atoms with Crippen LogP contribution in [-0.4, -0.2) is 41.9 Å². The molecule has 1 heterocycles. The van der Waals surface area contributed by atoms with E-state index in [1.807, 2.05) is 7.05 Å². The van der Waals surface area contributed by atoms with E-state index in [1.165, 1.54) is 56.3 Å². The van der Waals surface area contributed by atoms with Gasteiger partial charge in [0.1, 0.15) is 0 Å². The quantitative estimate of drug-likeness (QED) is 0.445. The van der Waals surface area contributed by atoms with Gasteiger partial charge in [-0.05, 0) is 49.9 Å². The fourth-order valence-corrected chi connectivity index (χ4v) is 3.06. The second-order valence-corrected chi connectivity index (χ2v) is 6.67. The summed E-state index contributed by atoms with van der Waals surface area (Å²) < 4.78 is 0. The monoisotopic (exact) mass is 428 g/mol. The summed E-state index contributed by atoms with van der Waals surface area (Å²) in [7, 11) is 2.04. The molecule has 0 radical (unpaired) electrons. The highest BCUT2D eigenvalue weighted by Gasteiger charge is 2.27. The minimum absolute atomic E-state index is 0. The summed E-state index contributed by atoms with van der Waals surface area (Å²) in [5.41, 5.74) is 8.66. The summed E-state index contributed by atoms with van der Waals surface area (Å²) in [5.74, 6) is 0.667. The fraction of sp³-hybridized carbons (Fsp3) is 0.611. The Bertz CT molecular complexity index is 504. The Morgan fingerprint density at radius 3 is 2.35 bits per heavy atom. The van der Waals surface area contributed by atoms with Gasteiger partial charge in [0.2, 0.25) is 0 Å². The Morgan fingerprint density at radius 1 is 1.13 bits per heavy atom. The second kappa shape index (κ2) is 8.87. The molecule has 0 unspecified atom stereocenters. The number of nitrogens with zero attached hydrogens (tertiary/aromatic N) is 3. The van der Waals surface area contributed by atoms with Crippen LogP contribution in [0.4, 0.5) is 0 Å². The lowest BCUT2D eigenvalue weighted by Crippen LogP contribution is -2.35. The summed E-state index contributed by atoms with van der Waals surface area (Å²) in [5, 5.41) is 0. The highest BCUT2D eigenvalue weighted by Crippen LogP contribution is 2.25. The number of aliphatic imine (C=N–C) groups is 1. The average Bonchev–Trinajstić information content (AvgIpc) is 3.39. The van der Waals surface area contributed by atoms with Crippen LogP contribution in [0.25, 0.3) is 0 Å². The number of halogens is 1. The summed E-state index contributed by atoms with van der Waals surface area (Å²) in [6.45, 7) is 4.25. The highest BCUT2D eigenvalue weighted by molar-refractivity contribution is 14.0. The van der Waals surface area contributed by atoms with E-state index in [1.54, 1.807) is 0 Å². The predicted molar refractivity (Wildman–Crippen MR) is 107 cm³/mol. The summed E-state index contributed by atoms with van der Waals surface area (Å²) in [4.78, 5) is 9.17. The molecule has 0 amide bonds. The molecule has 128 valence electrons. The highest BCUT2D eigenvalue weighted by atomic mass is 127. The third kappa shape index (κ3) is 5.64. The van der Waals surface area contributed by atoms with Gasteiger partial charge in [0.05, 0.1) is 6.54 Å². The van der Waals surface area contributed by atoms with Gasteiger partial charge < -0.3 is 10.6 Å². The molecule has 0 bridgehead atoms. The molecule has 2 fully saturated rings. The Morgan fingerprint density at radius 2 is 1.74 bits per heavy atom. The molecule has 2 aliphatic rings. The van der Waals surface area contributed by atoms with Crippen LogP contribution in [0.1, 0.15) is 43.2 Å². The number of rotatable bonds is 5. The SMILES string of the molecule is CN(C(N)=NCc1ccc(CN2CCCCC2)cc1)C1CC1.I. The Hall–Kier alpha value is -0.820. The van der Waals surface area contributed by atoms with Gasteiger partial charge in [-0.2, -0.15) is 0 Å². The minimum atomic E-state index is 0. The Kier molecular flexibility index (Phi) is 7.14. The van der Waals surface area contributed by atoms with Crippen molar-refractivity contribution in [1.82, 2.24) is 9.80 Å². The number of guanidine groups is 1. The molecule has 23 heavy (non-hydrogen) atoms. The lowest BCUT2D eigenvalue weighted by molar-refractivity contribution is 0.221. The van der Waals surface area contributed by atoms with Gasteiger partial charge in [0, 0.05) is 19.6 Å². The van der Waals surface area contributed by atoms with Crippen LogP contribution < -0.4 is 5.73 Å². The van der Waals surface area contributed by atoms with Crippen molar-refractivity contribution in [3.63, 3.8) is 0 Å². The Labute approximate surface area is 157 Å². The van der Waals surface area contributed by atoms with Crippen LogP contribution in [0.2, 0.25) is 0 Å². The molecule has 1 aliphatic carbocycles. The zero-order valence-corrected chi connectivity index (χ0v) is 16.4. The normalized spacial score (nSPS) is 19.3. The first-order valence-corrected chi connectivity index (χ1v) is 8.55. The minimum Gasteiger partial charge on any atom is -0.370 e. The van der Waals surface area contributed by atoms with Crippen molar-refractivity contribution in [2.75, 3.05) is 20.1 Å². The van der Waals surface area contributed by atoms with Crippen LogP contribution in [0.15, 0.2) is 29.3 Å². The van der Waals surface area contributed by atoms with E-state index >= 15 is 0 Å². The number of piperidine rings is 1. The van der Waals surface area contributed by atoms with E-state index in [0.29, 0.717) is 18.5 Å². The predicted octanol–water partition coefficient (Wildman–Crippen LogP) is 3.20. The average molecular weight is 428 g/mol. The van der Waals surface area contributed by atoms with E-state index in [-0.39, 0.29) is 24.0 Å². The number of hydrogen-bond acceptors (Lipinski definition) is 2. The van der Waals surface area contributed by atoms with Crippen LogP contribution in [0.3, 0.4) is 0 Å². The number of hydrogen-bond donors (Lipinski definition) is 1. The molecule has 5 heteroatoms. The summed E-state index contributed by atoms with van der Waals surface area (Å²) >= 11 is 0. The number of nitrogens with two attached hydrogens (primary N) is 1. The van der Waals surface area contributed by atoms with Crippen molar-refractivity contribution >= 4 is 29.9 Å². The molecule has 1 aromatic carbocycles. The van der Waals surface area contributed by atoms with E-state index in [4.69, 9.17) is 5.73 Å². The van der Waals surface area contributed by atoms with Crippen molar-refractivity contribution < 1.29 is 0 Å². The zero-order valence-electron chi connectivity index (χ0n) is 14.1. The van der Waals surface area contributed by atoms with Crippen LogP contribution in [-0.2, 0) is 13.1 Å². The molecule has 2 N–H and O–H groups in total. The van der Waals surface area contributed by atoms with E-state index < -0.39 is 0 Å². The fourth-order valence-electron chi connectivity index (χ4n) is 3.06. The molecule has 0 spiro atoms. The van der Waals surface area contributed by atoms with E-state index in [9.17, 15) is 0 Å². The Balaban J connectivity index is 0.00000192. The van der Waals surface area contributed by atoms with Crippen LogP contribution in [0.5, 0.6) is 0 Å². The van der Waals surface area contributed by atoms with Crippen LogP contribution in [0, 0.1) is 0 Å². The molecular weight excluding hydrogens is 399 g/mol. The maximum Gasteiger partial charge on any atom is 0.191 e. The van der Waals surface area contributed by atoms with Gasteiger partial charge in [-0.1, -0.05) is 30.7 Å². The van der Waals surface area contributed by atoms with Crippen molar-refractivity contribution in [2.45, 2.75) is 51.2 Å². The third-order valence-corrected chi connectivity index (χ3v) is 4.76. The molecule has 1 aliphatic heterocycles. The lowest BCUT2D eigenvalue weighted by atomic mass is 10.1. The molecule has 0 aromatic heterocycles. The van der Waals surface area contributed by atoms with Gasteiger partial charge in [0.15, 0.2) is 5.96 Å². The second-order valence-electron chi connectivity index (χ2n) is 6.67. The first-order chi connectivity index (χ1) is 10.7. The third-order valence-electron chi connectivity index (χ3n) is 4.76. The van der Waals surface area contributed by atoms with E-state index in [2.05, 4.69) is 39.1 Å². The van der Waals surface area contributed by atoms with Gasteiger partial charge in [-0.3, -0.25) is 4.90 Å². The van der Waals surface area contributed by atoms with Crippen molar-refractivity contribution in [3.8, 4) is 0 Å². The molecule has 4 nitrogen and oxygen atoms in total. The van der Waals surface area contributed by atoms with E-state index in [0.717, 1.165) is 6.54 Å². The maximum absolute atomic E-state index is 6.03. The topological polar surface area (TPSA) is 44.9 Å². The van der Waals surface area contributed by atoms with Gasteiger partial charge in [0.25, 0.3) is 0 Å². The van der Waals surface area contributed by atoms with Crippen molar-refractivity contribution in [1.29, 1.82) is 0 Å². The van der Waals surface area contributed by atoms with Crippen molar-refractivity contribution in [2.24, 2.45) is 10.7 Å². The smallest absolute Gasteiger partial charge is 0.191 e.